The van der Waals surface area contributed by atoms with Gasteiger partial charge in [-0.2, -0.15) is 0 Å². The van der Waals surface area contributed by atoms with Crippen molar-refractivity contribution in [2.45, 2.75) is 76.0 Å². The van der Waals surface area contributed by atoms with Gasteiger partial charge in [0.05, 0.1) is 12.1 Å². The molecule has 0 fully saturated rings. The lowest BCUT2D eigenvalue weighted by molar-refractivity contribution is -0.148. The molecule has 0 spiro atoms. The number of hydrogen-bond donors (Lipinski definition) is 3. The number of nitrogens with zero attached hydrogens (tertiary/aromatic N) is 1. The number of amides is 1. The molecule has 4 aromatic carbocycles. The standard InChI is InChI=1S/C38H48N2O4Si/c1-7-32(44-45(37(2,3)4,30-24-16-10-17-25-30)31-26-18-11-19-27-31)38(5,43)35(39)36(42)40(6)33(28-20-12-8-13-21-28)34(41)29-22-14-9-15-23-29/h8-27,32-35,41,43H,7,39H2,1-6H3/t32-,33-,34-,35-,38-/m1/s1. The van der Waals surface area contributed by atoms with Crippen LogP contribution in [-0.2, 0) is 9.22 Å². The summed E-state index contributed by atoms with van der Waals surface area (Å²) < 4.78 is 7.29. The van der Waals surface area contributed by atoms with Crippen molar-refractivity contribution in [3.8, 4) is 0 Å². The van der Waals surface area contributed by atoms with Gasteiger partial charge in [0.2, 0.25) is 5.91 Å². The largest absolute Gasteiger partial charge is 0.401 e. The van der Waals surface area contributed by atoms with E-state index < -0.39 is 44.1 Å². The third-order valence-electron chi connectivity index (χ3n) is 9.00. The van der Waals surface area contributed by atoms with Gasteiger partial charge in [-0.1, -0.05) is 149 Å². The van der Waals surface area contributed by atoms with Gasteiger partial charge < -0.3 is 25.3 Å². The minimum atomic E-state index is -3.07. The van der Waals surface area contributed by atoms with Crippen molar-refractivity contribution >= 4 is 24.6 Å². The topological polar surface area (TPSA) is 96.0 Å². The average molecular weight is 625 g/mol. The van der Waals surface area contributed by atoms with Gasteiger partial charge in [0.25, 0.3) is 8.32 Å². The lowest BCUT2D eigenvalue weighted by Gasteiger charge is -2.49. The van der Waals surface area contributed by atoms with E-state index in [9.17, 15) is 15.0 Å². The van der Waals surface area contributed by atoms with Crippen molar-refractivity contribution in [2.75, 3.05) is 7.05 Å². The van der Waals surface area contributed by atoms with Gasteiger partial charge in [-0.25, -0.2) is 0 Å². The molecule has 6 nitrogen and oxygen atoms in total. The minimum Gasteiger partial charge on any atom is -0.401 e. The number of nitrogens with two attached hydrogens (primary N) is 1. The van der Waals surface area contributed by atoms with Crippen molar-refractivity contribution in [1.82, 2.24) is 4.90 Å². The monoisotopic (exact) mass is 624 g/mol. The summed E-state index contributed by atoms with van der Waals surface area (Å²) in [7, 11) is -1.44. The van der Waals surface area contributed by atoms with Crippen LogP contribution in [0.1, 0.15) is 64.3 Å². The Hall–Kier alpha value is -3.59. The number of aliphatic hydroxyl groups is 2. The molecule has 4 aromatic rings. The van der Waals surface area contributed by atoms with E-state index in [1.165, 1.54) is 4.90 Å². The fourth-order valence-corrected chi connectivity index (χ4v) is 11.3. The number of aliphatic hydroxyl groups excluding tert-OH is 1. The summed E-state index contributed by atoms with van der Waals surface area (Å²) in [6.07, 6.45) is -1.36. The van der Waals surface area contributed by atoms with Crippen LogP contribution < -0.4 is 16.1 Å². The lowest BCUT2D eigenvalue weighted by atomic mass is 9.87. The molecule has 0 saturated carbocycles. The third kappa shape index (κ3) is 6.98. The second kappa shape index (κ2) is 14.2. The summed E-state index contributed by atoms with van der Waals surface area (Å²) in [6, 6.07) is 37.0. The van der Waals surface area contributed by atoms with Crippen LogP contribution in [-0.4, -0.2) is 54.1 Å². The summed E-state index contributed by atoms with van der Waals surface area (Å²) in [5, 5.41) is 25.6. The number of carbonyl (C=O) groups is 1. The molecule has 45 heavy (non-hydrogen) atoms. The summed E-state index contributed by atoms with van der Waals surface area (Å²) in [4.78, 5) is 15.7. The van der Waals surface area contributed by atoms with Crippen LogP contribution in [0, 0.1) is 0 Å². The molecule has 238 valence electrons. The zero-order valence-electron chi connectivity index (χ0n) is 27.3. The van der Waals surface area contributed by atoms with E-state index in [1.54, 1.807) is 14.0 Å². The summed E-state index contributed by atoms with van der Waals surface area (Å²) in [5.41, 5.74) is 6.43. The highest BCUT2D eigenvalue weighted by Crippen LogP contribution is 2.40. The minimum absolute atomic E-state index is 0.331. The first-order chi connectivity index (χ1) is 21.4. The summed E-state index contributed by atoms with van der Waals surface area (Å²) >= 11 is 0. The molecule has 0 unspecified atom stereocenters. The maximum Gasteiger partial charge on any atom is 0.261 e. The van der Waals surface area contributed by atoms with E-state index >= 15 is 0 Å². The van der Waals surface area contributed by atoms with E-state index in [1.807, 2.05) is 104 Å². The second-order valence-corrected chi connectivity index (χ2v) is 17.3. The van der Waals surface area contributed by atoms with Crippen LogP contribution in [0.4, 0.5) is 0 Å². The average Bonchev–Trinajstić information content (AvgIpc) is 3.05. The van der Waals surface area contributed by atoms with Crippen LogP contribution in [0.2, 0.25) is 5.04 Å². The molecule has 0 aliphatic carbocycles. The highest BCUT2D eigenvalue weighted by atomic mass is 28.4. The van der Waals surface area contributed by atoms with E-state index in [2.05, 4.69) is 45.0 Å². The molecule has 5 atom stereocenters. The van der Waals surface area contributed by atoms with Gasteiger partial charge in [-0.15, -0.1) is 0 Å². The molecule has 4 N–H and O–H groups in total. The molecule has 0 aliphatic rings. The van der Waals surface area contributed by atoms with Crippen molar-refractivity contribution in [1.29, 1.82) is 0 Å². The highest BCUT2D eigenvalue weighted by Gasteiger charge is 2.55. The Morgan fingerprint density at radius 1 is 0.778 bits per heavy atom. The lowest BCUT2D eigenvalue weighted by Crippen LogP contribution is -2.71. The SMILES string of the molecule is CC[C@@H](O[Si](c1ccccc1)(c1ccccc1)C(C)(C)C)[C@@](C)(O)[C@H](N)C(=O)N(C)[C@H](c1ccccc1)[C@H](O)c1ccccc1. The predicted octanol–water partition coefficient (Wildman–Crippen LogP) is 5.35. The number of likely N-dealkylation sites (N-methyl/N-ethyl adjacent to an activating group) is 1. The molecule has 0 aliphatic heterocycles. The fourth-order valence-electron chi connectivity index (χ4n) is 6.43. The van der Waals surface area contributed by atoms with Gasteiger partial charge in [0.15, 0.2) is 0 Å². The predicted molar refractivity (Wildman–Crippen MR) is 185 cm³/mol. The first kappa shape index (κ1) is 34.3. The molecule has 0 radical (unpaired) electrons. The summed E-state index contributed by atoms with van der Waals surface area (Å²) in [6.45, 7) is 10.1. The van der Waals surface area contributed by atoms with Gasteiger partial charge in [-0.3, -0.25) is 4.79 Å². The van der Waals surface area contributed by atoms with Gasteiger partial charge in [0, 0.05) is 7.05 Å². The Balaban J connectivity index is 1.73. The summed E-state index contributed by atoms with van der Waals surface area (Å²) in [5.74, 6) is -0.492. The van der Waals surface area contributed by atoms with Crippen molar-refractivity contribution in [3.05, 3.63) is 132 Å². The van der Waals surface area contributed by atoms with Crippen LogP contribution in [0.3, 0.4) is 0 Å². The van der Waals surface area contributed by atoms with Gasteiger partial charge >= 0.3 is 0 Å². The Labute approximate surface area is 269 Å². The van der Waals surface area contributed by atoms with Gasteiger partial charge in [0.1, 0.15) is 17.7 Å². The number of carbonyl (C=O) groups excluding carboxylic acids is 1. The Bertz CT molecular complexity index is 1460. The smallest absolute Gasteiger partial charge is 0.261 e. The quantitative estimate of drug-likeness (QED) is 0.185. The first-order valence-electron chi connectivity index (χ1n) is 15.7. The van der Waals surface area contributed by atoms with E-state index in [4.69, 9.17) is 10.2 Å². The Kier molecular flexibility index (Phi) is 10.8. The Morgan fingerprint density at radius 3 is 1.58 bits per heavy atom. The molecule has 0 bridgehead atoms. The molecule has 0 aromatic heterocycles. The third-order valence-corrected chi connectivity index (χ3v) is 14.0. The molecule has 1 amide bonds. The van der Waals surface area contributed by atoms with Crippen LogP contribution >= 0.6 is 0 Å². The van der Waals surface area contributed by atoms with Crippen LogP contribution in [0.15, 0.2) is 121 Å². The molecule has 0 heterocycles. The number of rotatable bonds is 12. The zero-order chi connectivity index (χ0) is 32.8. The first-order valence-corrected chi connectivity index (χ1v) is 17.6. The van der Waals surface area contributed by atoms with Crippen molar-refractivity contribution < 1.29 is 19.4 Å². The molecule has 0 saturated heterocycles. The number of benzene rings is 4. The van der Waals surface area contributed by atoms with Crippen LogP contribution in [0.5, 0.6) is 0 Å². The van der Waals surface area contributed by atoms with Crippen LogP contribution in [0.25, 0.3) is 0 Å². The Morgan fingerprint density at radius 2 is 1.18 bits per heavy atom. The molecular formula is C38H48N2O4Si. The maximum absolute atomic E-state index is 14.2. The van der Waals surface area contributed by atoms with E-state index in [0.29, 0.717) is 12.0 Å². The highest BCUT2D eigenvalue weighted by molar-refractivity contribution is 6.99. The number of hydrogen-bond acceptors (Lipinski definition) is 5. The second-order valence-electron chi connectivity index (χ2n) is 13.0. The van der Waals surface area contributed by atoms with Crippen molar-refractivity contribution in [2.24, 2.45) is 5.73 Å². The fraction of sp³-hybridized carbons (Fsp3) is 0.342. The molecule has 4 rings (SSSR count). The van der Waals surface area contributed by atoms with E-state index in [-0.39, 0.29) is 5.04 Å². The normalized spacial score (nSPS) is 16.2. The maximum atomic E-state index is 14.2. The van der Waals surface area contributed by atoms with Gasteiger partial charge in [-0.05, 0) is 39.9 Å². The molecule has 7 heteroatoms. The zero-order valence-corrected chi connectivity index (χ0v) is 28.3. The van der Waals surface area contributed by atoms with E-state index in [0.717, 1.165) is 15.9 Å². The molecular weight excluding hydrogens is 577 g/mol. The van der Waals surface area contributed by atoms with Crippen molar-refractivity contribution in [3.63, 3.8) is 0 Å².